The van der Waals surface area contributed by atoms with Crippen LogP contribution < -0.4 is 16.0 Å². The molecule has 2 aliphatic rings. The Kier molecular flexibility index (Phi) is 5.88. The molecule has 2 saturated heterocycles. The van der Waals surface area contributed by atoms with Crippen molar-refractivity contribution in [2.24, 2.45) is 5.92 Å². The van der Waals surface area contributed by atoms with Crippen molar-refractivity contribution in [1.82, 2.24) is 25.8 Å². The van der Waals surface area contributed by atoms with Gasteiger partial charge in [-0.2, -0.15) is 0 Å². The summed E-state index contributed by atoms with van der Waals surface area (Å²) in [6.45, 7) is 9.04. The van der Waals surface area contributed by atoms with E-state index in [0.717, 1.165) is 58.9 Å². The third-order valence-corrected chi connectivity index (χ3v) is 4.02. The summed E-state index contributed by atoms with van der Waals surface area (Å²) in [5, 5.41) is 9.20. The van der Waals surface area contributed by atoms with Crippen molar-refractivity contribution in [2.45, 2.75) is 6.42 Å². The van der Waals surface area contributed by atoms with Crippen LogP contribution in [-0.2, 0) is 0 Å². The maximum absolute atomic E-state index is 11.6. The smallest absolute Gasteiger partial charge is 0.314 e. The van der Waals surface area contributed by atoms with Gasteiger partial charge in [-0.3, -0.25) is 4.90 Å². The van der Waals surface area contributed by atoms with Gasteiger partial charge in [-0.25, -0.2) is 4.79 Å². The number of urea groups is 1. The monoisotopic (exact) mass is 269 g/mol. The third-order valence-electron chi connectivity index (χ3n) is 4.02. The second kappa shape index (κ2) is 7.67. The zero-order valence-electron chi connectivity index (χ0n) is 12.0. The van der Waals surface area contributed by atoms with Gasteiger partial charge >= 0.3 is 6.03 Å². The Hall–Kier alpha value is -0.850. The van der Waals surface area contributed by atoms with Crippen molar-refractivity contribution in [2.75, 3.05) is 66.0 Å². The van der Waals surface area contributed by atoms with Crippen LogP contribution in [-0.4, -0.2) is 81.8 Å². The molecule has 6 heteroatoms. The standard InChI is InChI=1S/C13H27N5O/c1-17-6-8-18(9-7-17)5-4-15-13(19)16-11-12-2-3-14-10-12/h12,14H,2-11H2,1H3,(H2,15,16,19). The summed E-state index contributed by atoms with van der Waals surface area (Å²) >= 11 is 0. The van der Waals surface area contributed by atoms with Gasteiger partial charge in [0.05, 0.1) is 0 Å². The maximum atomic E-state index is 11.6. The van der Waals surface area contributed by atoms with Gasteiger partial charge in [-0.1, -0.05) is 0 Å². The first-order valence-corrected chi connectivity index (χ1v) is 7.37. The van der Waals surface area contributed by atoms with Crippen molar-refractivity contribution in [3.63, 3.8) is 0 Å². The molecule has 0 aliphatic carbocycles. The fourth-order valence-corrected chi connectivity index (χ4v) is 2.59. The van der Waals surface area contributed by atoms with Gasteiger partial charge in [0.25, 0.3) is 0 Å². The number of amides is 2. The van der Waals surface area contributed by atoms with E-state index in [-0.39, 0.29) is 6.03 Å². The highest BCUT2D eigenvalue weighted by Gasteiger charge is 2.15. The SMILES string of the molecule is CN1CCN(CCNC(=O)NCC2CCNC2)CC1. The lowest BCUT2D eigenvalue weighted by molar-refractivity contribution is 0.155. The minimum Gasteiger partial charge on any atom is -0.338 e. The second-order valence-corrected chi connectivity index (χ2v) is 5.64. The Bertz CT molecular complexity index is 272. The van der Waals surface area contributed by atoms with E-state index in [4.69, 9.17) is 0 Å². The molecule has 2 aliphatic heterocycles. The average Bonchev–Trinajstić information content (AvgIpc) is 2.92. The molecule has 2 rings (SSSR count). The lowest BCUT2D eigenvalue weighted by atomic mass is 10.1. The Morgan fingerprint density at radius 1 is 1.26 bits per heavy atom. The summed E-state index contributed by atoms with van der Waals surface area (Å²) < 4.78 is 0. The predicted molar refractivity (Wildman–Crippen MR) is 76.3 cm³/mol. The highest BCUT2D eigenvalue weighted by Crippen LogP contribution is 2.04. The van der Waals surface area contributed by atoms with Gasteiger partial charge in [0.1, 0.15) is 0 Å². The number of hydrogen-bond donors (Lipinski definition) is 3. The molecular weight excluding hydrogens is 242 g/mol. The molecule has 0 radical (unpaired) electrons. The molecule has 3 N–H and O–H groups in total. The molecular formula is C13H27N5O. The molecule has 0 spiro atoms. The van der Waals surface area contributed by atoms with Crippen LogP contribution >= 0.6 is 0 Å². The fourth-order valence-electron chi connectivity index (χ4n) is 2.59. The van der Waals surface area contributed by atoms with Crippen LogP contribution in [0.3, 0.4) is 0 Å². The molecule has 2 heterocycles. The molecule has 110 valence electrons. The van der Waals surface area contributed by atoms with Crippen molar-refractivity contribution in [1.29, 1.82) is 0 Å². The van der Waals surface area contributed by atoms with E-state index >= 15 is 0 Å². The number of hydrogen-bond acceptors (Lipinski definition) is 4. The Morgan fingerprint density at radius 3 is 2.74 bits per heavy atom. The number of carbonyl (C=O) groups excluding carboxylic acids is 1. The van der Waals surface area contributed by atoms with E-state index in [0.29, 0.717) is 5.92 Å². The van der Waals surface area contributed by atoms with E-state index in [2.05, 4.69) is 32.8 Å². The zero-order valence-corrected chi connectivity index (χ0v) is 12.0. The lowest BCUT2D eigenvalue weighted by Gasteiger charge is -2.32. The number of likely N-dealkylation sites (N-methyl/N-ethyl adjacent to an activating group) is 1. The average molecular weight is 269 g/mol. The van der Waals surface area contributed by atoms with Crippen molar-refractivity contribution < 1.29 is 4.79 Å². The normalized spacial score (nSPS) is 25.4. The highest BCUT2D eigenvalue weighted by molar-refractivity contribution is 5.73. The maximum Gasteiger partial charge on any atom is 0.314 e. The summed E-state index contributed by atoms with van der Waals surface area (Å²) in [5.74, 6) is 0.600. The minimum absolute atomic E-state index is 0.0268. The van der Waals surface area contributed by atoms with Gasteiger partial charge in [0, 0.05) is 45.8 Å². The molecule has 6 nitrogen and oxygen atoms in total. The molecule has 0 saturated carbocycles. The van der Waals surface area contributed by atoms with Crippen LogP contribution in [0.15, 0.2) is 0 Å². The first-order valence-electron chi connectivity index (χ1n) is 7.37. The molecule has 2 amide bonds. The van der Waals surface area contributed by atoms with Crippen LogP contribution in [0.5, 0.6) is 0 Å². The van der Waals surface area contributed by atoms with Gasteiger partial charge < -0.3 is 20.9 Å². The van der Waals surface area contributed by atoms with Crippen LogP contribution in [0.1, 0.15) is 6.42 Å². The van der Waals surface area contributed by atoms with Crippen molar-refractivity contribution in [3.8, 4) is 0 Å². The zero-order chi connectivity index (χ0) is 13.5. The van der Waals surface area contributed by atoms with E-state index in [1.165, 1.54) is 6.42 Å². The first kappa shape index (κ1) is 14.6. The Labute approximate surface area is 115 Å². The number of piperazine rings is 1. The molecule has 0 bridgehead atoms. The van der Waals surface area contributed by atoms with Crippen molar-refractivity contribution >= 4 is 6.03 Å². The van der Waals surface area contributed by atoms with Gasteiger partial charge in [0.2, 0.25) is 0 Å². The summed E-state index contributed by atoms with van der Waals surface area (Å²) in [6, 6.07) is -0.0268. The Morgan fingerprint density at radius 2 is 2.05 bits per heavy atom. The molecule has 2 fully saturated rings. The summed E-state index contributed by atoms with van der Waals surface area (Å²) in [6.07, 6.45) is 1.17. The summed E-state index contributed by atoms with van der Waals surface area (Å²) in [4.78, 5) is 16.4. The second-order valence-electron chi connectivity index (χ2n) is 5.64. The number of nitrogens with one attached hydrogen (secondary N) is 3. The largest absolute Gasteiger partial charge is 0.338 e. The highest BCUT2D eigenvalue weighted by atomic mass is 16.2. The first-order chi connectivity index (χ1) is 9.24. The van der Waals surface area contributed by atoms with Gasteiger partial charge in [-0.15, -0.1) is 0 Å². The van der Waals surface area contributed by atoms with Gasteiger partial charge in [0.15, 0.2) is 0 Å². The number of nitrogens with zero attached hydrogens (tertiary/aromatic N) is 2. The van der Waals surface area contributed by atoms with Crippen molar-refractivity contribution in [3.05, 3.63) is 0 Å². The molecule has 1 atom stereocenters. The molecule has 19 heavy (non-hydrogen) atoms. The fraction of sp³-hybridized carbons (Fsp3) is 0.923. The lowest BCUT2D eigenvalue weighted by Crippen LogP contribution is -2.48. The van der Waals surface area contributed by atoms with Crippen LogP contribution in [0, 0.1) is 5.92 Å². The van der Waals surface area contributed by atoms with Crippen LogP contribution in [0.4, 0.5) is 4.79 Å². The Balaban J connectivity index is 1.49. The van der Waals surface area contributed by atoms with Gasteiger partial charge in [-0.05, 0) is 32.5 Å². The molecule has 0 aromatic carbocycles. The van der Waals surface area contributed by atoms with E-state index in [1.807, 2.05) is 0 Å². The quantitative estimate of drug-likeness (QED) is 0.608. The third kappa shape index (κ3) is 5.34. The summed E-state index contributed by atoms with van der Waals surface area (Å²) in [5.41, 5.74) is 0. The van der Waals surface area contributed by atoms with E-state index in [9.17, 15) is 4.79 Å². The van der Waals surface area contributed by atoms with E-state index in [1.54, 1.807) is 0 Å². The molecule has 0 aromatic heterocycles. The predicted octanol–water partition coefficient (Wildman–Crippen LogP) is -0.857. The number of carbonyl (C=O) groups is 1. The number of rotatable bonds is 5. The molecule has 1 unspecified atom stereocenters. The van der Waals surface area contributed by atoms with E-state index < -0.39 is 0 Å². The molecule has 0 aromatic rings. The minimum atomic E-state index is -0.0268. The van der Waals surface area contributed by atoms with Crippen LogP contribution in [0.2, 0.25) is 0 Å². The topological polar surface area (TPSA) is 59.6 Å². The van der Waals surface area contributed by atoms with Crippen LogP contribution in [0.25, 0.3) is 0 Å². The summed E-state index contributed by atoms with van der Waals surface area (Å²) in [7, 11) is 2.15.